The highest BCUT2D eigenvalue weighted by Crippen LogP contribution is 2.26. The van der Waals surface area contributed by atoms with Crippen molar-refractivity contribution in [3.63, 3.8) is 0 Å². The van der Waals surface area contributed by atoms with Crippen molar-refractivity contribution >= 4 is 5.97 Å². The third-order valence-electron chi connectivity index (χ3n) is 2.43. The van der Waals surface area contributed by atoms with Crippen molar-refractivity contribution in [3.8, 4) is 0 Å². The van der Waals surface area contributed by atoms with Crippen LogP contribution < -0.4 is 5.32 Å². The summed E-state index contributed by atoms with van der Waals surface area (Å²) in [4.78, 5) is 10.3. The highest BCUT2D eigenvalue weighted by atomic mass is 16.7. The Labute approximate surface area is 81.7 Å². The second-order valence-electron chi connectivity index (χ2n) is 3.41. The van der Waals surface area contributed by atoms with E-state index in [1.165, 1.54) is 0 Å². The lowest BCUT2D eigenvalue weighted by Gasteiger charge is -2.12. The van der Waals surface area contributed by atoms with Gasteiger partial charge >= 0.3 is 5.97 Å². The van der Waals surface area contributed by atoms with Gasteiger partial charge in [0.25, 0.3) is 0 Å². The molecule has 2 aliphatic rings. The van der Waals surface area contributed by atoms with Gasteiger partial charge in [0.05, 0.1) is 12.6 Å². The van der Waals surface area contributed by atoms with E-state index < -0.39 is 5.97 Å². The third kappa shape index (κ3) is 1.82. The number of ether oxygens (including phenoxy) is 2. The van der Waals surface area contributed by atoms with Crippen LogP contribution in [0.25, 0.3) is 0 Å². The number of carboxylic acids is 1. The van der Waals surface area contributed by atoms with Crippen molar-refractivity contribution in [1.29, 1.82) is 0 Å². The molecule has 2 heterocycles. The van der Waals surface area contributed by atoms with Gasteiger partial charge in [-0.1, -0.05) is 0 Å². The van der Waals surface area contributed by atoms with E-state index >= 15 is 0 Å². The van der Waals surface area contributed by atoms with Crippen LogP contribution in [0.2, 0.25) is 0 Å². The van der Waals surface area contributed by atoms with Crippen molar-refractivity contribution < 1.29 is 19.4 Å². The Balaban J connectivity index is 1.79. The minimum absolute atomic E-state index is 0.145. The molecule has 5 nitrogen and oxygen atoms in total. The Kier molecular flexibility index (Phi) is 2.58. The van der Waals surface area contributed by atoms with Crippen LogP contribution in [-0.4, -0.2) is 30.5 Å². The quantitative estimate of drug-likeness (QED) is 0.687. The summed E-state index contributed by atoms with van der Waals surface area (Å²) in [5, 5.41) is 11.7. The molecule has 2 aliphatic heterocycles. The molecule has 0 fully saturated rings. The van der Waals surface area contributed by atoms with Crippen LogP contribution in [0.15, 0.2) is 11.5 Å². The summed E-state index contributed by atoms with van der Waals surface area (Å²) in [5.41, 5.74) is 0. The number of nitrogens with one attached hydrogen (secondary N) is 1. The summed E-state index contributed by atoms with van der Waals surface area (Å²) in [5.74, 6) is 1.00. The van der Waals surface area contributed by atoms with Crippen molar-refractivity contribution in [2.75, 3.05) is 13.3 Å². The van der Waals surface area contributed by atoms with Gasteiger partial charge in [-0.15, -0.1) is 0 Å². The van der Waals surface area contributed by atoms with Crippen LogP contribution in [0.3, 0.4) is 0 Å². The maximum Gasteiger partial charge on any atom is 0.303 e. The number of carboxylic acid groups (broad SMARTS) is 1. The Morgan fingerprint density at radius 1 is 1.57 bits per heavy atom. The molecular weight excluding hydrogens is 186 g/mol. The SMILES string of the molecule is O=C(O)CCCC1NCC2=C1OCO2. The van der Waals surface area contributed by atoms with Crippen LogP contribution in [-0.2, 0) is 14.3 Å². The van der Waals surface area contributed by atoms with Crippen molar-refractivity contribution in [3.05, 3.63) is 11.5 Å². The van der Waals surface area contributed by atoms with Gasteiger partial charge in [0.2, 0.25) is 6.79 Å². The molecule has 0 aromatic rings. The Morgan fingerprint density at radius 3 is 3.21 bits per heavy atom. The smallest absolute Gasteiger partial charge is 0.303 e. The fraction of sp³-hybridized carbons (Fsp3) is 0.667. The van der Waals surface area contributed by atoms with E-state index in [1.807, 2.05) is 0 Å². The van der Waals surface area contributed by atoms with E-state index in [1.54, 1.807) is 0 Å². The van der Waals surface area contributed by atoms with Crippen LogP contribution in [0.5, 0.6) is 0 Å². The molecule has 2 rings (SSSR count). The summed E-state index contributed by atoms with van der Waals surface area (Å²) in [7, 11) is 0. The van der Waals surface area contributed by atoms with Gasteiger partial charge in [0.15, 0.2) is 11.5 Å². The first-order valence-corrected chi connectivity index (χ1v) is 4.71. The van der Waals surface area contributed by atoms with Crippen molar-refractivity contribution in [2.24, 2.45) is 0 Å². The highest BCUT2D eigenvalue weighted by Gasteiger charge is 2.31. The minimum atomic E-state index is -0.749. The standard InChI is InChI=1S/C9H13NO4/c11-8(12)3-1-2-6-9-7(4-10-6)13-5-14-9/h6,10H,1-5H2,(H,11,12). The maximum atomic E-state index is 10.3. The van der Waals surface area contributed by atoms with Gasteiger partial charge in [-0.05, 0) is 12.8 Å². The van der Waals surface area contributed by atoms with Gasteiger partial charge in [0, 0.05) is 6.42 Å². The molecule has 1 atom stereocenters. The van der Waals surface area contributed by atoms with E-state index in [2.05, 4.69) is 5.32 Å². The van der Waals surface area contributed by atoms with Crippen LogP contribution in [0.1, 0.15) is 19.3 Å². The van der Waals surface area contributed by atoms with Crippen LogP contribution in [0, 0.1) is 0 Å². The predicted octanol–water partition coefficient (Wildman–Crippen LogP) is 0.429. The third-order valence-corrected chi connectivity index (χ3v) is 2.43. The van der Waals surface area contributed by atoms with Gasteiger partial charge < -0.3 is 19.9 Å². The number of carbonyl (C=O) groups is 1. The Morgan fingerprint density at radius 2 is 2.43 bits per heavy atom. The van der Waals surface area contributed by atoms with Crippen LogP contribution >= 0.6 is 0 Å². The molecule has 14 heavy (non-hydrogen) atoms. The van der Waals surface area contributed by atoms with Gasteiger partial charge in [-0.3, -0.25) is 4.79 Å². The first-order chi connectivity index (χ1) is 6.77. The molecule has 2 N–H and O–H groups in total. The summed E-state index contributed by atoms with van der Waals surface area (Å²) >= 11 is 0. The molecule has 0 saturated heterocycles. The summed E-state index contributed by atoms with van der Waals surface area (Å²) < 4.78 is 10.5. The van der Waals surface area contributed by atoms with E-state index in [9.17, 15) is 4.79 Å². The number of hydrogen-bond acceptors (Lipinski definition) is 4. The van der Waals surface area contributed by atoms with Gasteiger partial charge in [-0.25, -0.2) is 0 Å². The lowest BCUT2D eigenvalue weighted by Crippen LogP contribution is -2.26. The Hall–Kier alpha value is -1.23. The van der Waals surface area contributed by atoms with Gasteiger partial charge in [-0.2, -0.15) is 0 Å². The predicted molar refractivity (Wildman–Crippen MR) is 47.3 cm³/mol. The molecule has 0 aliphatic carbocycles. The summed E-state index contributed by atoms with van der Waals surface area (Å²) in [6.07, 6.45) is 1.66. The van der Waals surface area contributed by atoms with Crippen LogP contribution in [0.4, 0.5) is 0 Å². The molecule has 78 valence electrons. The highest BCUT2D eigenvalue weighted by molar-refractivity contribution is 5.66. The first-order valence-electron chi connectivity index (χ1n) is 4.71. The zero-order valence-corrected chi connectivity index (χ0v) is 7.78. The molecule has 0 amide bonds. The molecule has 0 spiro atoms. The normalized spacial score (nSPS) is 24.4. The van der Waals surface area contributed by atoms with E-state index in [4.69, 9.17) is 14.6 Å². The minimum Gasteiger partial charge on any atom is -0.481 e. The van der Waals surface area contributed by atoms with E-state index in [0.29, 0.717) is 19.8 Å². The molecule has 0 bridgehead atoms. The molecule has 0 aromatic carbocycles. The topological polar surface area (TPSA) is 67.8 Å². The average molecular weight is 199 g/mol. The lowest BCUT2D eigenvalue weighted by atomic mass is 10.1. The van der Waals surface area contributed by atoms with E-state index in [-0.39, 0.29) is 12.5 Å². The largest absolute Gasteiger partial charge is 0.481 e. The zero-order valence-electron chi connectivity index (χ0n) is 7.78. The zero-order chi connectivity index (χ0) is 9.97. The molecule has 0 aromatic heterocycles. The molecule has 0 radical (unpaired) electrons. The molecular formula is C9H13NO4. The summed E-state index contributed by atoms with van der Waals surface area (Å²) in [6, 6.07) is 0.145. The summed E-state index contributed by atoms with van der Waals surface area (Å²) in [6.45, 7) is 1.01. The number of hydrogen-bond donors (Lipinski definition) is 2. The van der Waals surface area contributed by atoms with Crippen molar-refractivity contribution in [2.45, 2.75) is 25.3 Å². The monoisotopic (exact) mass is 199 g/mol. The molecule has 0 saturated carbocycles. The van der Waals surface area contributed by atoms with E-state index in [0.717, 1.165) is 17.9 Å². The number of aliphatic carboxylic acids is 1. The Bertz CT molecular complexity index is 274. The first kappa shape index (κ1) is 9.33. The second kappa shape index (κ2) is 3.88. The fourth-order valence-corrected chi connectivity index (χ4v) is 1.75. The number of rotatable bonds is 4. The second-order valence-corrected chi connectivity index (χ2v) is 3.41. The lowest BCUT2D eigenvalue weighted by molar-refractivity contribution is -0.137. The fourth-order valence-electron chi connectivity index (χ4n) is 1.75. The van der Waals surface area contributed by atoms with Gasteiger partial charge in [0.1, 0.15) is 0 Å². The average Bonchev–Trinajstić information content (AvgIpc) is 2.67. The molecule has 5 heteroatoms. The molecule has 1 unspecified atom stereocenters. The maximum absolute atomic E-state index is 10.3. The van der Waals surface area contributed by atoms with Crippen molar-refractivity contribution in [1.82, 2.24) is 5.32 Å².